The molecule has 0 saturated heterocycles. The highest BCUT2D eigenvalue weighted by Crippen LogP contribution is 2.31. The molecule has 0 bridgehead atoms. The van der Waals surface area contributed by atoms with Gasteiger partial charge in [0.25, 0.3) is 5.91 Å². The van der Waals surface area contributed by atoms with Gasteiger partial charge < -0.3 is 4.90 Å². The fourth-order valence-electron chi connectivity index (χ4n) is 3.61. The fourth-order valence-corrected chi connectivity index (χ4v) is 5.69. The summed E-state index contributed by atoms with van der Waals surface area (Å²) >= 11 is 0. The highest BCUT2D eigenvalue weighted by molar-refractivity contribution is 7.92. The average molecular weight is 478 g/mol. The number of fused-ring (bicyclic) bond motifs is 1. The second kappa shape index (κ2) is 9.43. The van der Waals surface area contributed by atoms with Crippen LogP contribution in [0.25, 0.3) is 6.08 Å². The number of nitrogens with zero attached hydrogens (tertiary/aromatic N) is 2. The summed E-state index contributed by atoms with van der Waals surface area (Å²) < 4.78 is 51.9. The normalized spacial score (nSPS) is 14.2. The first-order valence-corrected chi connectivity index (χ1v) is 13.6. The largest absolute Gasteiger partial charge is 0.308 e. The molecule has 2 aromatic carbocycles. The molecule has 0 unspecified atom stereocenters. The molecule has 1 N–H and O–H groups in total. The quantitative estimate of drug-likeness (QED) is 0.589. The summed E-state index contributed by atoms with van der Waals surface area (Å²) in [5.41, 5.74) is 2.74. The molecule has 0 radical (unpaired) electrons. The molecule has 172 valence electrons. The van der Waals surface area contributed by atoms with Gasteiger partial charge in [0, 0.05) is 37.1 Å². The number of benzene rings is 2. The topological polar surface area (TPSA) is 104 Å². The van der Waals surface area contributed by atoms with Gasteiger partial charge in [-0.1, -0.05) is 26.0 Å². The lowest BCUT2D eigenvalue weighted by Crippen LogP contribution is -2.30. The lowest BCUT2D eigenvalue weighted by atomic mass is 10.2. The van der Waals surface area contributed by atoms with Crippen molar-refractivity contribution >= 4 is 43.4 Å². The van der Waals surface area contributed by atoms with E-state index in [-0.39, 0.29) is 10.8 Å². The summed E-state index contributed by atoms with van der Waals surface area (Å²) in [4.78, 5) is 14.6. The molecule has 1 amide bonds. The Balaban J connectivity index is 1.74. The summed E-state index contributed by atoms with van der Waals surface area (Å²) in [6.45, 7) is 4.88. The van der Waals surface area contributed by atoms with Crippen LogP contribution in [-0.4, -0.2) is 52.9 Å². The molecular formula is C22H27N3O5S2. The second-order valence-corrected chi connectivity index (χ2v) is 11.1. The number of nitrogens with one attached hydrogen (secondary N) is 1. The van der Waals surface area contributed by atoms with E-state index in [1.807, 2.05) is 0 Å². The van der Waals surface area contributed by atoms with Crippen molar-refractivity contribution in [2.45, 2.75) is 25.2 Å². The Kier molecular flexibility index (Phi) is 7.06. The zero-order valence-corrected chi connectivity index (χ0v) is 19.9. The van der Waals surface area contributed by atoms with Crippen LogP contribution in [0.1, 0.15) is 25.0 Å². The molecule has 0 fully saturated rings. The monoisotopic (exact) mass is 477 g/mol. The van der Waals surface area contributed by atoms with Crippen molar-refractivity contribution in [2.75, 3.05) is 35.5 Å². The van der Waals surface area contributed by atoms with Crippen molar-refractivity contribution in [3.8, 4) is 0 Å². The predicted octanol–water partition coefficient (Wildman–Crippen LogP) is 2.69. The Bertz CT molecular complexity index is 1230. The van der Waals surface area contributed by atoms with Gasteiger partial charge in [0.15, 0.2) is 0 Å². The predicted molar refractivity (Wildman–Crippen MR) is 127 cm³/mol. The first kappa shape index (κ1) is 24.0. The third kappa shape index (κ3) is 5.37. The van der Waals surface area contributed by atoms with Gasteiger partial charge in [-0.3, -0.25) is 9.52 Å². The van der Waals surface area contributed by atoms with E-state index in [4.69, 9.17) is 0 Å². The van der Waals surface area contributed by atoms with E-state index in [1.54, 1.807) is 67.3 Å². The molecule has 3 rings (SSSR count). The van der Waals surface area contributed by atoms with Crippen molar-refractivity contribution in [2.24, 2.45) is 0 Å². The van der Waals surface area contributed by atoms with Gasteiger partial charge in [0.05, 0.1) is 11.2 Å². The number of carbonyl (C=O) groups is 1. The molecule has 2 aromatic rings. The first-order chi connectivity index (χ1) is 15.0. The maximum Gasteiger partial charge on any atom is 0.251 e. The maximum absolute atomic E-state index is 12.8. The van der Waals surface area contributed by atoms with Crippen molar-refractivity contribution in [3.05, 3.63) is 59.7 Å². The Morgan fingerprint density at radius 2 is 1.72 bits per heavy atom. The minimum absolute atomic E-state index is 0.207. The lowest BCUT2D eigenvalue weighted by Gasteiger charge is -2.19. The Morgan fingerprint density at radius 1 is 1.06 bits per heavy atom. The van der Waals surface area contributed by atoms with E-state index in [2.05, 4.69) is 4.72 Å². The average Bonchev–Trinajstić information content (AvgIpc) is 3.16. The minimum atomic E-state index is -3.55. The summed E-state index contributed by atoms with van der Waals surface area (Å²) in [6.07, 6.45) is 4.77. The first-order valence-electron chi connectivity index (χ1n) is 10.3. The van der Waals surface area contributed by atoms with Crippen molar-refractivity contribution in [3.63, 3.8) is 0 Å². The fraction of sp³-hybridized carbons (Fsp3) is 0.318. The molecule has 0 atom stereocenters. The molecule has 1 aliphatic heterocycles. The van der Waals surface area contributed by atoms with Crippen LogP contribution in [0.2, 0.25) is 0 Å². The van der Waals surface area contributed by atoms with Crippen molar-refractivity contribution in [1.29, 1.82) is 0 Å². The Hall–Kier alpha value is -2.69. The Labute approximate surface area is 189 Å². The summed E-state index contributed by atoms with van der Waals surface area (Å²) in [6, 6.07) is 11.6. The molecule has 0 saturated carbocycles. The van der Waals surface area contributed by atoms with Crippen molar-refractivity contribution in [1.82, 2.24) is 4.31 Å². The molecule has 1 heterocycles. The van der Waals surface area contributed by atoms with Crippen LogP contribution in [0.15, 0.2) is 53.4 Å². The number of sulfonamides is 2. The van der Waals surface area contributed by atoms with E-state index in [0.29, 0.717) is 37.4 Å². The number of amides is 1. The van der Waals surface area contributed by atoms with Gasteiger partial charge in [-0.2, -0.15) is 4.31 Å². The van der Waals surface area contributed by atoms with Crippen LogP contribution < -0.4 is 9.62 Å². The smallest absolute Gasteiger partial charge is 0.251 e. The summed E-state index contributed by atoms with van der Waals surface area (Å²) in [5.74, 6) is -0.207. The molecule has 8 nitrogen and oxygen atoms in total. The third-order valence-electron chi connectivity index (χ3n) is 5.19. The van der Waals surface area contributed by atoms with Gasteiger partial charge in [0.1, 0.15) is 0 Å². The minimum Gasteiger partial charge on any atom is -0.308 e. The maximum atomic E-state index is 12.8. The number of rotatable bonds is 8. The van der Waals surface area contributed by atoms with Crippen LogP contribution in [0, 0.1) is 0 Å². The van der Waals surface area contributed by atoms with Crippen LogP contribution >= 0.6 is 0 Å². The second-order valence-electron chi connectivity index (χ2n) is 7.45. The molecule has 1 aliphatic rings. The lowest BCUT2D eigenvalue weighted by molar-refractivity contribution is -0.114. The van der Waals surface area contributed by atoms with E-state index >= 15 is 0 Å². The Morgan fingerprint density at radius 3 is 2.31 bits per heavy atom. The van der Waals surface area contributed by atoms with E-state index in [0.717, 1.165) is 17.4 Å². The van der Waals surface area contributed by atoms with Gasteiger partial charge >= 0.3 is 0 Å². The van der Waals surface area contributed by atoms with Crippen LogP contribution in [0.3, 0.4) is 0 Å². The van der Waals surface area contributed by atoms with Crippen LogP contribution in [0.4, 0.5) is 11.4 Å². The highest BCUT2D eigenvalue weighted by atomic mass is 32.2. The van der Waals surface area contributed by atoms with Gasteiger partial charge in [-0.05, 0) is 54.0 Å². The van der Waals surface area contributed by atoms with Crippen LogP contribution in [0.5, 0.6) is 0 Å². The van der Waals surface area contributed by atoms with Gasteiger partial charge in [-0.25, -0.2) is 16.8 Å². The van der Waals surface area contributed by atoms with Crippen LogP contribution in [-0.2, 0) is 31.3 Å². The zero-order valence-electron chi connectivity index (χ0n) is 18.3. The number of carbonyl (C=O) groups excluding carboxylic acids is 1. The number of anilines is 2. The highest BCUT2D eigenvalue weighted by Gasteiger charge is 2.27. The SMILES string of the molecule is CCN(CC)S(=O)(=O)c1ccc2c(c1)CCN2C(=O)/C=C/c1ccc(NS(C)(=O)=O)cc1. The van der Waals surface area contributed by atoms with E-state index in [1.165, 1.54) is 10.4 Å². The van der Waals surface area contributed by atoms with E-state index in [9.17, 15) is 21.6 Å². The summed E-state index contributed by atoms with van der Waals surface area (Å²) in [7, 11) is -6.89. The molecule has 0 spiro atoms. The van der Waals surface area contributed by atoms with Crippen molar-refractivity contribution < 1.29 is 21.6 Å². The van der Waals surface area contributed by atoms with E-state index < -0.39 is 20.0 Å². The molecule has 10 heteroatoms. The third-order valence-corrected chi connectivity index (χ3v) is 7.84. The van der Waals surface area contributed by atoms with Gasteiger partial charge in [-0.15, -0.1) is 0 Å². The molecule has 0 aromatic heterocycles. The molecule has 0 aliphatic carbocycles. The summed E-state index contributed by atoms with van der Waals surface area (Å²) in [5, 5.41) is 0. The molecular weight excluding hydrogens is 450 g/mol. The number of hydrogen-bond donors (Lipinski definition) is 1. The number of hydrogen-bond acceptors (Lipinski definition) is 5. The molecule has 32 heavy (non-hydrogen) atoms. The standard InChI is InChI=1S/C22H27N3O5S2/c1-4-24(5-2)32(29,30)20-11-12-21-18(16-20)14-15-25(21)22(26)13-8-17-6-9-19(10-7-17)23-31(3,27)28/h6-13,16,23H,4-5,14-15H2,1-3H3/b13-8+. The van der Waals surface area contributed by atoms with Gasteiger partial charge in [0.2, 0.25) is 20.0 Å². The zero-order chi connectivity index (χ0) is 23.5.